The van der Waals surface area contributed by atoms with E-state index in [1.807, 2.05) is 80.6 Å². The van der Waals surface area contributed by atoms with Crippen molar-refractivity contribution in [2.45, 2.75) is 71.5 Å². The summed E-state index contributed by atoms with van der Waals surface area (Å²) in [4.78, 5) is 29.0. The minimum absolute atomic E-state index is 0.0176. The normalized spacial score (nSPS) is 12.9. The molecule has 0 aliphatic heterocycles. The van der Waals surface area contributed by atoms with Gasteiger partial charge in [-0.25, -0.2) is 0 Å². The number of rotatable bonds is 11. The molecule has 0 radical (unpaired) electrons. The summed E-state index contributed by atoms with van der Waals surface area (Å²) in [6.07, 6.45) is 1.15. The lowest BCUT2D eigenvalue weighted by atomic mass is 9.87. The Kier molecular flexibility index (Phi) is 11.0. The van der Waals surface area contributed by atoms with Crippen LogP contribution in [0, 0.1) is 0 Å². The number of carbonyl (C=O) groups is 2. The monoisotopic (exact) mass is 612 g/mol. The van der Waals surface area contributed by atoms with Gasteiger partial charge < -0.3 is 15.0 Å². The zero-order chi connectivity index (χ0) is 28.6. The molecule has 0 aromatic heterocycles. The third kappa shape index (κ3) is 8.84. The Morgan fingerprint density at radius 1 is 1.03 bits per heavy atom. The van der Waals surface area contributed by atoms with Crippen molar-refractivity contribution in [2.24, 2.45) is 0 Å². The van der Waals surface area contributed by atoms with Gasteiger partial charge in [-0.3, -0.25) is 9.59 Å². The molecule has 0 fully saturated rings. The van der Waals surface area contributed by atoms with Crippen LogP contribution in [0.2, 0.25) is 5.02 Å². The van der Waals surface area contributed by atoms with E-state index in [-0.39, 0.29) is 36.4 Å². The molecule has 0 heterocycles. The van der Waals surface area contributed by atoms with E-state index in [9.17, 15) is 9.59 Å². The summed E-state index contributed by atoms with van der Waals surface area (Å²) in [5, 5.41) is 3.61. The van der Waals surface area contributed by atoms with E-state index in [0.717, 1.165) is 27.6 Å². The maximum absolute atomic E-state index is 13.8. The lowest BCUT2D eigenvalue weighted by Gasteiger charge is -2.32. The average Bonchev–Trinajstić information content (AvgIpc) is 2.90. The number of carbonyl (C=O) groups excluding carboxylic acids is 2. The van der Waals surface area contributed by atoms with Gasteiger partial charge in [0, 0.05) is 24.0 Å². The second-order valence-corrected chi connectivity index (χ2v) is 12.1. The summed E-state index contributed by atoms with van der Waals surface area (Å²) in [6.45, 7) is 10.4. The van der Waals surface area contributed by atoms with Crippen LogP contribution in [-0.2, 0) is 28.0 Å². The van der Waals surface area contributed by atoms with Crippen molar-refractivity contribution in [3.8, 4) is 5.75 Å². The Hall–Kier alpha value is -2.83. The topological polar surface area (TPSA) is 58.6 Å². The fourth-order valence-electron chi connectivity index (χ4n) is 4.11. The molecule has 3 rings (SSSR count). The third-order valence-electron chi connectivity index (χ3n) is 6.72. The first-order valence-electron chi connectivity index (χ1n) is 13.3. The van der Waals surface area contributed by atoms with E-state index in [2.05, 4.69) is 42.0 Å². The molecule has 3 aromatic carbocycles. The predicted octanol–water partition coefficient (Wildman–Crippen LogP) is 7.33. The van der Waals surface area contributed by atoms with Crippen molar-refractivity contribution in [3.05, 3.63) is 99.0 Å². The minimum atomic E-state index is -0.750. The molecule has 0 aliphatic rings. The molecule has 2 atom stereocenters. The summed E-state index contributed by atoms with van der Waals surface area (Å²) in [5.41, 5.74) is 2.85. The van der Waals surface area contributed by atoms with Crippen LogP contribution in [0.15, 0.2) is 77.3 Å². The fraction of sp³-hybridized carbons (Fsp3) is 0.375. The molecule has 0 saturated heterocycles. The van der Waals surface area contributed by atoms with Crippen LogP contribution in [-0.4, -0.2) is 35.4 Å². The number of halogens is 2. The number of ether oxygens (including phenoxy) is 1. The van der Waals surface area contributed by atoms with Crippen LogP contribution in [0.3, 0.4) is 0 Å². The molecule has 39 heavy (non-hydrogen) atoms. The molecule has 0 unspecified atom stereocenters. The molecule has 0 bridgehead atoms. The average molecular weight is 614 g/mol. The summed E-state index contributed by atoms with van der Waals surface area (Å²) in [7, 11) is 0. The molecular weight excluding hydrogens is 576 g/mol. The lowest BCUT2D eigenvalue weighted by Crippen LogP contribution is -2.53. The highest BCUT2D eigenvalue weighted by molar-refractivity contribution is 9.10. The first kappa shape index (κ1) is 30.7. The lowest BCUT2D eigenvalue weighted by molar-refractivity contribution is -0.143. The quantitative estimate of drug-likeness (QED) is 0.246. The molecule has 1 N–H and O–H groups in total. The van der Waals surface area contributed by atoms with Gasteiger partial charge in [-0.1, -0.05) is 93.9 Å². The molecule has 7 heteroatoms. The molecule has 0 saturated carbocycles. The van der Waals surface area contributed by atoms with Crippen LogP contribution in [0.1, 0.15) is 57.7 Å². The zero-order valence-corrected chi connectivity index (χ0v) is 25.7. The van der Waals surface area contributed by atoms with Gasteiger partial charge in [-0.05, 0) is 69.6 Å². The second kappa shape index (κ2) is 14.0. The first-order chi connectivity index (χ1) is 18.5. The number of amides is 2. The Labute approximate surface area is 246 Å². The van der Waals surface area contributed by atoms with Gasteiger partial charge >= 0.3 is 0 Å². The number of hydrogen-bond acceptors (Lipinski definition) is 3. The summed E-state index contributed by atoms with van der Waals surface area (Å²) in [6, 6.07) is 22.2. The maximum Gasteiger partial charge on any atom is 0.261 e. The second-order valence-electron chi connectivity index (χ2n) is 10.8. The molecule has 0 spiro atoms. The highest BCUT2D eigenvalue weighted by Crippen LogP contribution is 2.31. The van der Waals surface area contributed by atoms with Gasteiger partial charge in [0.05, 0.1) is 4.47 Å². The van der Waals surface area contributed by atoms with Crippen molar-refractivity contribution in [1.29, 1.82) is 0 Å². The Bertz CT molecular complexity index is 1260. The van der Waals surface area contributed by atoms with Gasteiger partial charge in [0.1, 0.15) is 11.8 Å². The SMILES string of the molecule is CC[C@@H](C)NC(=O)[C@H](Cc1ccccc1)N(Cc1ccccc1Cl)C(=O)COc1ccc(C(C)(C)C)cc1Br. The Balaban J connectivity index is 1.93. The minimum Gasteiger partial charge on any atom is -0.483 e. The van der Waals surface area contributed by atoms with Crippen LogP contribution in [0.25, 0.3) is 0 Å². The molecule has 2 amide bonds. The highest BCUT2D eigenvalue weighted by Gasteiger charge is 2.31. The number of benzene rings is 3. The highest BCUT2D eigenvalue weighted by atomic mass is 79.9. The van der Waals surface area contributed by atoms with E-state index >= 15 is 0 Å². The van der Waals surface area contributed by atoms with Crippen molar-refractivity contribution in [3.63, 3.8) is 0 Å². The Morgan fingerprint density at radius 2 is 1.69 bits per heavy atom. The van der Waals surface area contributed by atoms with Crippen molar-refractivity contribution >= 4 is 39.3 Å². The van der Waals surface area contributed by atoms with Crippen LogP contribution >= 0.6 is 27.5 Å². The third-order valence-corrected chi connectivity index (χ3v) is 7.71. The number of nitrogens with one attached hydrogen (secondary N) is 1. The van der Waals surface area contributed by atoms with E-state index in [1.165, 1.54) is 0 Å². The van der Waals surface area contributed by atoms with Gasteiger partial charge in [-0.2, -0.15) is 0 Å². The van der Waals surface area contributed by atoms with E-state index in [0.29, 0.717) is 17.2 Å². The van der Waals surface area contributed by atoms with E-state index < -0.39 is 6.04 Å². The number of nitrogens with zero attached hydrogens (tertiary/aromatic N) is 1. The Morgan fingerprint density at radius 3 is 2.31 bits per heavy atom. The van der Waals surface area contributed by atoms with Crippen molar-refractivity contribution < 1.29 is 14.3 Å². The predicted molar refractivity (Wildman–Crippen MR) is 162 cm³/mol. The van der Waals surface area contributed by atoms with E-state index in [4.69, 9.17) is 16.3 Å². The standard InChI is InChI=1S/C32H38BrClN2O3/c1-6-22(2)35-31(38)28(18-23-12-8-7-9-13-23)36(20-24-14-10-11-15-27(24)34)30(37)21-39-29-17-16-25(19-26(29)33)32(3,4)5/h7-17,19,22,28H,6,18,20-21H2,1-5H3,(H,35,38)/t22-,28+/m1/s1. The van der Waals surface area contributed by atoms with Crippen LogP contribution in [0.4, 0.5) is 0 Å². The smallest absolute Gasteiger partial charge is 0.261 e. The van der Waals surface area contributed by atoms with Gasteiger partial charge in [0.2, 0.25) is 5.91 Å². The fourth-order valence-corrected chi connectivity index (χ4v) is 4.80. The van der Waals surface area contributed by atoms with Crippen molar-refractivity contribution in [2.75, 3.05) is 6.61 Å². The molecule has 208 valence electrons. The molecular formula is C32H38BrClN2O3. The van der Waals surface area contributed by atoms with Crippen LogP contribution in [0.5, 0.6) is 5.75 Å². The summed E-state index contributed by atoms with van der Waals surface area (Å²) < 4.78 is 6.77. The maximum atomic E-state index is 13.8. The molecule has 3 aromatic rings. The summed E-state index contributed by atoms with van der Waals surface area (Å²) in [5.74, 6) is 0.0592. The summed E-state index contributed by atoms with van der Waals surface area (Å²) >= 11 is 10.1. The van der Waals surface area contributed by atoms with Gasteiger partial charge in [-0.15, -0.1) is 0 Å². The van der Waals surface area contributed by atoms with E-state index in [1.54, 1.807) is 11.0 Å². The largest absolute Gasteiger partial charge is 0.483 e. The van der Waals surface area contributed by atoms with Crippen molar-refractivity contribution in [1.82, 2.24) is 10.2 Å². The van der Waals surface area contributed by atoms with Crippen LogP contribution < -0.4 is 10.1 Å². The number of hydrogen-bond donors (Lipinski definition) is 1. The molecule has 0 aliphatic carbocycles. The first-order valence-corrected chi connectivity index (χ1v) is 14.5. The zero-order valence-electron chi connectivity index (χ0n) is 23.3. The van der Waals surface area contributed by atoms with Gasteiger partial charge in [0.15, 0.2) is 6.61 Å². The van der Waals surface area contributed by atoms with Gasteiger partial charge in [0.25, 0.3) is 5.91 Å². The molecule has 5 nitrogen and oxygen atoms in total.